The number of nitrogens with zero attached hydrogens (tertiary/aromatic N) is 5. The first-order chi connectivity index (χ1) is 15.9. The largest absolute Gasteiger partial charge is 0.361 e. The molecule has 0 bridgehead atoms. The van der Waals surface area contributed by atoms with Gasteiger partial charge in [0.1, 0.15) is 23.5 Å². The summed E-state index contributed by atoms with van der Waals surface area (Å²) in [5.74, 6) is 0.587. The summed E-state index contributed by atoms with van der Waals surface area (Å²) < 4.78 is 20.7. The second-order valence-electron chi connectivity index (χ2n) is 8.39. The first-order valence-corrected chi connectivity index (χ1v) is 10.9. The number of nitrogens with one attached hydrogen (secondary N) is 1. The molecule has 33 heavy (non-hydrogen) atoms. The van der Waals surface area contributed by atoms with Gasteiger partial charge in [0, 0.05) is 44.5 Å². The molecular weight excluding hydrogens is 423 g/mol. The fraction of sp³-hybridized carbons (Fsp3) is 0.375. The molecule has 1 aliphatic heterocycles. The summed E-state index contributed by atoms with van der Waals surface area (Å²) in [5, 5.41) is 16.7. The van der Waals surface area contributed by atoms with Gasteiger partial charge in [-0.05, 0) is 44.5 Å². The van der Waals surface area contributed by atoms with Crippen molar-refractivity contribution in [1.82, 2.24) is 19.5 Å². The van der Waals surface area contributed by atoms with Gasteiger partial charge in [-0.3, -0.25) is 19.2 Å². The van der Waals surface area contributed by atoms with Crippen LogP contribution in [0.15, 0.2) is 34.9 Å². The Morgan fingerprint density at radius 3 is 2.55 bits per heavy atom. The van der Waals surface area contributed by atoms with Gasteiger partial charge in [-0.15, -0.1) is 0 Å². The molecule has 2 aromatic heterocycles. The SMILES string of the molecule is Cc1cc(CN2CCN(CC(=O)Nc3c(C#N)c(C)c(C)n3-c3cccc(F)c3)CC2)no1. The van der Waals surface area contributed by atoms with Gasteiger partial charge >= 0.3 is 0 Å². The number of nitriles is 1. The molecule has 0 atom stereocenters. The lowest BCUT2D eigenvalue weighted by Crippen LogP contribution is -2.48. The van der Waals surface area contributed by atoms with E-state index in [0.717, 1.165) is 55.4 Å². The van der Waals surface area contributed by atoms with Crippen molar-refractivity contribution in [3.63, 3.8) is 0 Å². The zero-order valence-electron chi connectivity index (χ0n) is 19.1. The number of anilines is 1. The molecule has 0 saturated carbocycles. The van der Waals surface area contributed by atoms with Gasteiger partial charge < -0.3 is 9.84 Å². The molecule has 1 amide bonds. The highest BCUT2D eigenvalue weighted by Crippen LogP contribution is 2.30. The van der Waals surface area contributed by atoms with Crippen LogP contribution in [0.25, 0.3) is 5.69 Å². The molecule has 0 spiro atoms. The van der Waals surface area contributed by atoms with Gasteiger partial charge in [0.15, 0.2) is 0 Å². The van der Waals surface area contributed by atoms with Crippen LogP contribution >= 0.6 is 0 Å². The van der Waals surface area contributed by atoms with Crippen LogP contribution in [0, 0.1) is 37.9 Å². The minimum absolute atomic E-state index is 0.206. The van der Waals surface area contributed by atoms with E-state index in [1.165, 1.54) is 12.1 Å². The quantitative estimate of drug-likeness (QED) is 0.621. The average molecular weight is 451 g/mol. The van der Waals surface area contributed by atoms with Crippen LogP contribution in [0.4, 0.5) is 10.2 Å². The molecule has 9 heteroatoms. The van der Waals surface area contributed by atoms with Crippen molar-refractivity contribution in [3.8, 4) is 11.8 Å². The Labute approximate surface area is 192 Å². The third-order valence-electron chi connectivity index (χ3n) is 6.04. The normalized spacial score (nSPS) is 14.9. The van der Waals surface area contributed by atoms with E-state index in [1.54, 1.807) is 16.7 Å². The molecule has 0 unspecified atom stereocenters. The molecule has 3 aromatic rings. The Kier molecular flexibility index (Phi) is 6.58. The fourth-order valence-electron chi connectivity index (χ4n) is 4.20. The number of carbonyl (C=O) groups is 1. The van der Waals surface area contributed by atoms with Crippen molar-refractivity contribution in [2.75, 3.05) is 38.0 Å². The number of aromatic nitrogens is 2. The number of piperazine rings is 1. The molecule has 0 radical (unpaired) electrons. The molecule has 0 aliphatic carbocycles. The number of benzene rings is 1. The van der Waals surface area contributed by atoms with Gasteiger partial charge in [-0.2, -0.15) is 5.26 Å². The van der Waals surface area contributed by atoms with Crippen molar-refractivity contribution in [2.45, 2.75) is 27.3 Å². The Morgan fingerprint density at radius 2 is 1.91 bits per heavy atom. The Bertz CT molecular complexity index is 1200. The van der Waals surface area contributed by atoms with E-state index in [1.807, 2.05) is 26.8 Å². The number of aryl methyl sites for hydroxylation is 1. The summed E-state index contributed by atoms with van der Waals surface area (Å²) in [5.41, 5.74) is 3.39. The highest BCUT2D eigenvalue weighted by atomic mass is 19.1. The number of carbonyl (C=O) groups excluding carboxylic acids is 1. The van der Waals surface area contributed by atoms with Gasteiger partial charge in [-0.25, -0.2) is 4.39 Å². The predicted octanol–water partition coefficient (Wildman–Crippen LogP) is 3.16. The monoisotopic (exact) mass is 450 g/mol. The summed E-state index contributed by atoms with van der Waals surface area (Å²) in [6, 6.07) is 10.2. The highest BCUT2D eigenvalue weighted by Gasteiger charge is 2.24. The van der Waals surface area contributed by atoms with Crippen LogP contribution in [0.3, 0.4) is 0 Å². The van der Waals surface area contributed by atoms with Gasteiger partial charge in [0.2, 0.25) is 5.91 Å². The van der Waals surface area contributed by atoms with E-state index in [-0.39, 0.29) is 18.3 Å². The molecule has 1 fully saturated rings. The van der Waals surface area contributed by atoms with Crippen LogP contribution in [0.2, 0.25) is 0 Å². The third kappa shape index (κ3) is 4.97. The molecule has 1 aromatic carbocycles. The minimum atomic E-state index is -0.382. The maximum Gasteiger partial charge on any atom is 0.239 e. The smallest absolute Gasteiger partial charge is 0.239 e. The zero-order chi connectivity index (χ0) is 23.5. The molecule has 4 rings (SSSR count). The van der Waals surface area contributed by atoms with Crippen molar-refractivity contribution < 1.29 is 13.7 Å². The molecule has 172 valence electrons. The van der Waals surface area contributed by atoms with Gasteiger partial charge in [0.05, 0.1) is 23.5 Å². The van der Waals surface area contributed by atoms with Crippen molar-refractivity contribution in [2.24, 2.45) is 0 Å². The number of amides is 1. The molecule has 1 N–H and O–H groups in total. The summed E-state index contributed by atoms with van der Waals surface area (Å²) >= 11 is 0. The topological polar surface area (TPSA) is 90.3 Å². The highest BCUT2D eigenvalue weighted by molar-refractivity contribution is 5.93. The van der Waals surface area contributed by atoms with Crippen LogP contribution < -0.4 is 5.32 Å². The Morgan fingerprint density at radius 1 is 1.18 bits per heavy atom. The first-order valence-electron chi connectivity index (χ1n) is 10.9. The fourth-order valence-corrected chi connectivity index (χ4v) is 4.20. The Hall–Kier alpha value is -3.48. The van der Waals surface area contributed by atoms with Gasteiger partial charge in [-0.1, -0.05) is 11.2 Å². The number of halogens is 1. The lowest BCUT2D eigenvalue weighted by molar-refractivity contribution is -0.117. The maximum atomic E-state index is 13.9. The summed E-state index contributed by atoms with van der Waals surface area (Å²) in [4.78, 5) is 17.3. The number of hydrogen-bond acceptors (Lipinski definition) is 6. The molecule has 3 heterocycles. The standard InChI is InChI=1S/C24H27FN6O2/c1-16-11-20(28-33-16)14-29-7-9-30(10-8-29)15-23(32)27-24-22(13-26)17(2)18(3)31(24)21-6-4-5-19(25)12-21/h4-6,11-12H,7-10,14-15H2,1-3H3,(H,27,32). The molecule has 8 nitrogen and oxygen atoms in total. The molecule has 1 saturated heterocycles. The lowest BCUT2D eigenvalue weighted by Gasteiger charge is -2.33. The van der Waals surface area contributed by atoms with E-state index >= 15 is 0 Å². The first kappa shape index (κ1) is 22.7. The minimum Gasteiger partial charge on any atom is -0.361 e. The predicted molar refractivity (Wildman–Crippen MR) is 122 cm³/mol. The Balaban J connectivity index is 1.43. The van der Waals surface area contributed by atoms with E-state index in [9.17, 15) is 14.4 Å². The lowest BCUT2D eigenvalue weighted by atomic mass is 10.2. The summed E-state index contributed by atoms with van der Waals surface area (Å²) in [6.07, 6.45) is 0. The molecule has 1 aliphatic rings. The van der Waals surface area contributed by atoms with Crippen LogP contribution in [0.1, 0.15) is 28.3 Å². The van der Waals surface area contributed by atoms with E-state index in [2.05, 4.69) is 26.3 Å². The van der Waals surface area contributed by atoms with Crippen LogP contribution in [-0.4, -0.2) is 58.2 Å². The summed E-state index contributed by atoms with van der Waals surface area (Å²) in [6.45, 7) is 9.63. The third-order valence-corrected chi connectivity index (χ3v) is 6.04. The summed E-state index contributed by atoms with van der Waals surface area (Å²) in [7, 11) is 0. The zero-order valence-corrected chi connectivity index (χ0v) is 19.1. The van der Waals surface area contributed by atoms with Crippen molar-refractivity contribution in [1.29, 1.82) is 5.26 Å². The van der Waals surface area contributed by atoms with Crippen molar-refractivity contribution in [3.05, 3.63) is 64.4 Å². The maximum absolute atomic E-state index is 13.9. The molecular formula is C24H27FN6O2. The number of hydrogen-bond donors (Lipinski definition) is 1. The average Bonchev–Trinajstić information content (AvgIpc) is 3.29. The van der Waals surface area contributed by atoms with E-state index < -0.39 is 0 Å². The van der Waals surface area contributed by atoms with E-state index in [0.29, 0.717) is 17.1 Å². The van der Waals surface area contributed by atoms with E-state index in [4.69, 9.17) is 4.52 Å². The second kappa shape index (κ2) is 9.57. The van der Waals surface area contributed by atoms with Crippen LogP contribution in [-0.2, 0) is 11.3 Å². The van der Waals surface area contributed by atoms with Crippen LogP contribution in [0.5, 0.6) is 0 Å². The number of rotatable bonds is 6. The van der Waals surface area contributed by atoms with Crippen molar-refractivity contribution >= 4 is 11.7 Å². The second-order valence-corrected chi connectivity index (χ2v) is 8.39. The van der Waals surface area contributed by atoms with Gasteiger partial charge in [0.25, 0.3) is 0 Å².